The summed E-state index contributed by atoms with van der Waals surface area (Å²) in [5.41, 5.74) is 1.00. The molecular weight excluding hydrogens is 234 g/mol. The van der Waals surface area contributed by atoms with Crippen LogP contribution in [0.2, 0.25) is 5.02 Å². The molecule has 15 heavy (non-hydrogen) atoms. The maximum absolute atomic E-state index is 11.3. The molecule has 1 aromatic rings. The summed E-state index contributed by atoms with van der Waals surface area (Å²) in [6.07, 6.45) is 0.555. The van der Waals surface area contributed by atoms with E-state index in [-0.39, 0.29) is 16.4 Å². The highest BCUT2D eigenvalue weighted by molar-refractivity contribution is 8.15. The van der Waals surface area contributed by atoms with Crippen molar-refractivity contribution in [3.8, 4) is 0 Å². The van der Waals surface area contributed by atoms with Gasteiger partial charge in [-0.15, -0.1) is 0 Å². The van der Waals surface area contributed by atoms with Crippen LogP contribution >= 0.6 is 23.4 Å². The summed E-state index contributed by atoms with van der Waals surface area (Å²) >= 11 is 6.78. The second kappa shape index (κ2) is 4.24. The number of rotatable bonds is 2. The Morgan fingerprint density at radius 3 is 2.47 bits per heavy atom. The fourth-order valence-electron chi connectivity index (χ4n) is 1.36. The van der Waals surface area contributed by atoms with E-state index in [0.29, 0.717) is 11.4 Å². The van der Waals surface area contributed by atoms with Gasteiger partial charge in [0, 0.05) is 5.02 Å². The Labute approximate surface area is 96.2 Å². The highest BCUT2D eigenvalue weighted by Crippen LogP contribution is 2.23. The van der Waals surface area contributed by atoms with Crippen molar-refractivity contribution >= 4 is 34.5 Å². The van der Waals surface area contributed by atoms with Crippen LogP contribution in [0, 0.1) is 0 Å². The molecule has 1 saturated heterocycles. The van der Waals surface area contributed by atoms with E-state index in [1.807, 2.05) is 12.1 Å². The number of nitrogens with one attached hydrogen (secondary N) is 1. The van der Waals surface area contributed by atoms with Crippen molar-refractivity contribution in [3.63, 3.8) is 0 Å². The third-order valence-corrected chi connectivity index (χ3v) is 3.33. The molecule has 3 nitrogen and oxygen atoms in total. The number of thioether (sulfide) groups is 1. The van der Waals surface area contributed by atoms with Gasteiger partial charge in [-0.25, -0.2) is 0 Å². The number of carbonyl (C=O) groups is 2. The summed E-state index contributed by atoms with van der Waals surface area (Å²) in [5.74, 6) is -0.208. The third kappa shape index (κ3) is 2.52. The van der Waals surface area contributed by atoms with E-state index in [1.54, 1.807) is 12.1 Å². The Morgan fingerprint density at radius 2 is 1.93 bits per heavy atom. The summed E-state index contributed by atoms with van der Waals surface area (Å²) in [7, 11) is 0. The zero-order valence-electron chi connectivity index (χ0n) is 7.70. The molecule has 0 aliphatic carbocycles. The van der Waals surface area contributed by atoms with Crippen molar-refractivity contribution in [3.05, 3.63) is 34.9 Å². The molecule has 1 N–H and O–H groups in total. The Kier molecular flexibility index (Phi) is 2.98. The van der Waals surface area contributed by atoms with Crippen LogP contribution in [0.25, 0.3) is 0 Å². The number of hydrogen-bond acceptors (Lipinski definition) is 3. The normalized spacial score (nSPS) is 20.5. The summed E-state index contributed by atoms with van der Waals surface area (Å²) in [5, 5.41) is 2.35. The van der Waals surface area contributed by atoms with Gasteiger partial charge in [0.05, 0.1) is 5.25 Å². The molecule has 1 aliphatic rings. The monoisotopic (exact) mass is 241 g/mol. The maximum atomic E-state index is 11.3. The zero-order valence-corrected chi connectivity index (χ0v) is 9.27. The van der Waals surface area contributed by atoms with Gasteiger partial charge in [0.1, 0.15) is 0 Å². The van der Waals surface area contributed by atoms with E-state index in [2.05, 4.69) is 5.32 Å². The summed E-state index contributed by atoms with van der Waals surface area (Å²) in [6.45, 7) is 0. The molecule has 0 aromatic heterocycles. The standard InChI is InChI=1S/C10H8ClNO2S/c11-7-3-1-6(2-4-7)5-8-9(13)12-10(14)15-8/h1-4,8H,5H2,(H,12,13,14). The smallest absolute Gasteiger partial charge is 0.286 e. The largest absolute Gasteiger partial charge is 0.286 e. The SMILES string of the molecule is O=C1NC(=O)C(Cc2ccc(Cl)cc2)S1. The topological polar surface area (TPSA) is 46.2 Å². The van der Waals surface area contributed by atoms with E-state index >= 15 is 0 Å². The van der Waals surface area contributed by atoms with E-state index in [4.69, 9.17) is 11.6 Å². The molecule has 1 heterocycles. The molecule has 2 rings (SSSR count). The molecule has 5 heteroatoms. The van der Waals surface area contributed by atoms with Crippen molar-refractivity contribution in [1.82, 2.24) is 5.32 Å². The van der Waals surface area contributed by atoms with Crippen molar-refractivity contribution < 1.29 is 9.59 Å². The van der Waals surface area contributed by atoms with Crippen LogP contribution in [0.5, 0.6) is 0 Å². The average molecular weight is 242 g/mol. The number of halogens is 1. The van der Waals surface area contributed by atoms with Crippen LogP contribution in [0.15, 0.2) is 24.3 Å². The van der Waals surface area contributed by atoms with E-state index in [0.717, 1.165) is 17.3 Å². The molecule has 78 valence electrons. The number of amides is 2. The molecule has 1 atom stereocenters. The first kappa shape index (κ1) is 10.5. The van der Waals surface area contributed by atoms with Gasteiger partial charge in [-0.2, -0.15) is 0 Å². The van der Waals surface area contributed by atoms with Crippen LogP contribution in [-0.2, 0) is 11.2 Å². The average Bonchev–Trinajstić information content (AvgIpc) is 2.49. The lowest BCUT2D eigenvalue weighted by Gasteiger charge is -2.04. The first-order chi connectivity index (χ1) is 7.15. The predicted octanol–water partition coefficient (Wildman–Crippen LogP) is 2.23. The summed E-state index contributed by atoms with van der Waals surface area (Å²) < 4.78 is 0. The maximum Gasteiger partial charge on any atom is 0.286 e. The molecule has 1 aliphatic heterocycles. The minimum Gasteiger partial charge on any atom is -0.286 e. The molecule has 2 amide bonds. The molecule has 0 spiro atoms. The van der Waals surface area contributed by atoms with Gasteiger partial charge in [0.2, 0.25) is 5.91 Å². The Hall–Kier alpha value is -1.000. The quantitative estimate of drug-likeness (QED) is 0.864. The molecule has 0 saturated carbocycles. The fraction of sp³-hybridized carbons (Fsp3) is 0.200. The Morgan fingerprint density at radius 1 is 1.27 bits per heavy atom. The number of benzene rings is 1. The molecule has 1 unspecified atom stereocenters. The van der Waals surface area contributed by atoms with Crippen LogP contribution in [0.3, 0.4) is 0 Å². The fourth-order valence-corrected chi connectivity index (χ4v) is 2.35. The van der Waals surface area contributed by atoms with Crippen LogP contribution < -0.4 is 5.32 Å². The lowest BCUT2D eigenvalue weighted by atomic mass is 10.1. The minimum atomic E-state index is -0.307. The van der Waals surface area contributed by atoms with E-state index < -0.39 is 0 Å². The zero-order chi connectivity index (χ0) is 10.8. The van der Waals surface area contributed by atoms with E-state index in [1.165, 1.54) is 0 Å². The van der Waals surface area contributed by atoms with Gasteiger partial charge in [-0.05, 0) is 24.1 Å². The lowest BCUT2D eigenvalue weighted by molar-refractivity contribution is -0.118. The molecule has 1 aromatic carbocycles. The number of carbonyl (C=O) groups excluding carboxylic acids is 2. The van der Waals surface area contributed by atoms with Crippen molar-refractivity contribution in [2.45, 2.75) is 11.7 Å². The van der Waals surface area contributed by atoms with Crippen molar-refractivity contribution in [2.24, 2.45) is 0 Å². The first-order valence-corrected chi connectivity index (χ1v) is 5.67. The summed E-state index contributed by atoms with van der Waals surface area (Å²) in [6, 6.07) is 7.27. The van der Waals surface area contributed by atoms with Gasteiger partial charge < -0.3 is 0 Å². The molecule has 0 radical (unpaired) electrons. The molecular formula is C10H8ClNO2S. The summed E-state index contributed by atoms with van der Waals surface area (Å²) in [4.78, 5) is 22.2. The van der Waals surface area contributed by atoms with Crippen LogP contribution in [0.4, 0.5) is 4.79 Å². The number of imide groups is 1. The van der Waals surface area contributed by atoms with Crippen LogP contribution in [0.1, 0.15) is 5.56 Å². The van der Waals surface area contributed by atoms with Gasteiger partial charge >= 0.3 is 0 Å². The van der Waals surface area contributed by atoms with E-state index in [9.17, 15) is 9.59 Å². The van der Waals surface area contributed by atoms with Crippen molar-refractivity contribution in [1.29, 1.82) is 0 Å². The Bertz CT molecular complexity index is 404. The second-order valence-corrected chi connectivity index (χ2v) is 4.83. The van der Waals surface area contributed by atoms with Gasteiger partial charge in [-0.3, -0.25) is 14.9 Å². The minimum absolute atomic E-state index is 0.208. The van der Waals surface area contributed by atoms with Crippen LogP contribution in [-0.4, -0.2) is 16.4 Å². The van der Waals surface area contributed by atoms with Crippen molar-refractivity contribution in [2.75, 3.05) is 0 Å². The van der Waals surface area contributed by atoms with Gasteiger partial charge in [0.15, 0.2) is 0 Å². The lowest BCUT2D eigenvalue weighted by Crippen LogP contribution is -2.25. The highest BCUT2D eigenvalue weighted by Gasteiger charge is 2.31. The number of hydrogen-bond donors (Lipinski definition) is 1. The highest BCUT2D eigenvalue weighted by atomic mass is 35.5. The first-order valence-electron chi connectivity index (χ1n) is 4.41. The van der Waals surface area contributed by atoms with Gasteiger partial charge in [-0.1, -0.05) is 35.5 Å². The molecule has 0 bridgehead atoms. The molecule has 1 fully saturated rings. The second-order valence-electron chi connectivity index (χ2n) is 3.21. The van der Waals surface area contributed by atoms with Gasteiger partial charge in [0.25, 0.3) is 5.24 Å². The Balaban J connectivity index is 2.06. The third-order valence-electron chi connectivity index (χ3n) is 2.10. The predicted molar refractivity (Wildman–Crippen MR) is 60.1 cm³/mol.